The summed E-state index contributed by atoms with van der Waals surface area (Å²) in [5.74, 6) is -0.813. The number of aromatic carboxylic acids is 1. The molecule has 1 saturated heterocycles. The van der Waals surface area contributed by atoms with Crippen LogP contribution in [-0.4, -0.2) is 74.4 Å². The number of carbonyl (C=O) groups excluding carboxylic acids is 2. The van der Waals surface area contributed by atoms with E-state index in [0.29, 0.717) is 81.9 Å². The minimum atomic E-state index is -2.94. The maximum atomic E-state index is 13.9. The first-order valence-corrected chi connectivity index (χ1v) is 14.1. The lowest BCUT2D eigenvalue weighted by Crippen LogP contribution is -2.42. The molecule has 1 aromatic heterocycles. The number of carboxylic acids is 1. The smallest absolute Gasteiger partial charge is 0.410 e. The number of fused-ring (bicyclic) bond motifs is 2. The largest absolute Gasteiger partial charge is 0.478 e. The third-order valence-electron chi connectivity index (χ3n) is 8.06. The van der Waals surface area contributed by atoms with Crippen molar-refractivity contribution in [3.8, 4) is 0 Å². The van der Waals surface area contributed by atoms with Crippen molar-refractivity contribution < 1.29 is 33.0 Å². The van der Waals surface area contributed by atoms with E-state index in [2.05, 4.69) is 0 Å². The summed E-state index contributed by atoms with van der Waals surface area (Å²) in [5.41, 5.74) is 1.64. The molecule has 0 spiro atoms. The first-order valence-electron chi connectivity index (χ1n) is 14.1. The number of aryl methyl sites for hydroxylation is 1. The lowest BCUT2D eigenvalue weighted by atomic mass is 9.95. The van der Waals surface area contributed by atoms with Crippen molar-refractivity contribution in [3.63, 3.8) is 0 Å². The molecule has 5 rings (SSSR count). The fourth-order valence-electron chi connectivity index (χ4n) is 6.07. The zero-order chi connectivity index (χ0) is 29.6. The number of piperidine rings is 1. The SMILES string of the molecule is CC(=O)N1CCc2c(c(N3CCCc4cc(C(=O)O)c(C(F)F)cc43)nn2C2CCN(C(=O)OC(C)(C)C)CC2)C1. The molecule has 0 aliphatic carbocycles. The normalized spacial score (nSPS) is 17.9. The lowest BCUT2D eigenvalue weighted by molar-refractivity contribution is -0.129. The van der Waals surface area contributed by atoms with Gasteiger partial charge < -0.3 is 24.5 Å². The van der Waals surface area contributed by atoms with E-state index >= 15 is 0 Å². The number of hydrogen-bond acceptors (Lipinski definition) is 6. The highest BCUT2D eigenvalue weighted by molar-refractivity contribution is 5.91. The number of rotatable bonds is 4. The summed E-state index contributed by atoms with van der Waals surface area (Å²) in [7, 11) is 0. The fraction of sp³-hybridized carbons (Fsp3) is 0.586. The number of nitrogens with zero attached hydrogens (tertiary/aromatic N) is 5. The van der Waals surface area contributed by atoms with E-state index in [-0.39, 0.29) is 23.6 Å². The van der Waals surface area contributed by atoms with Crippen LogP contribution in [0.1, 0.15) is 92.2 Å². The second kappa shape index (κ2) is 10.9. The topological polar surface area (TPSA) is 108 Å². The van der Waals surface area contributed by atoms with Crippen molar-refractivity contribution in [1.82, 2.24) is 19.6 Å². The summed E-state index contributed by atoms with van der Waals surface area (Å²) in [5, 5.41) is 14.6. The van der Waals surface area contributed by atoms with Gasteiger partial charge in [0.15, 0.2) is 5.82 Å². The molecule has 0 radical (unpaired) electrons. The molecular weight excluding hydrogens is 536 g/mol. The Kier molecular flexibility index (Phi) is 7.69. The van der Waals surface area contributed by atoms with Crippen LogP contribution >= 0.6 is 0 Å². The predicted molar refractivity (Wildman–Crippen MR) is 147 cm³/mol. The van der Waals surface area contributed by atoms with Gasteiger partial charge in [0.2, 0.25) is 5.91 Å². The van der Waals surface area contributed by atoms with E-state index in [9.17, 15) is 28.3 Å². The molecule has 1 fully saturated rings. The highest BCUT2D eigenvalue weighted by Crippen LogP contribution is 2.42. The number of aromatic nitrogens is 2. The highest BCUT2D eigenvalue weighted by atomic mass is 19.3. The van der Waals surface area contributed by atoms with Gasteiger partial charge in [-0.3, -0.25) is 9.48 Å². The standard InChI is InChI=1S/C29H37F2N5O5/c1-17(37)34-13-9-23-22(16-34)26(32-36(23)19-7-11-33(12-8-19)28(40)41-29(2,3)4)35-10-5-6-18-14-21(27(38)39)20(25(30)31)15-24(18)35/h14-15,19,25H,5-13,16H2,1-4H3,(H,38,39). The van der Waals surface area contributed by atoms with Gasteiger partial charge in [0.25, 0.3) is 6.43 Å². The Labute approximate surface area is 237 Å². The number of amides is 2. The monoisotopic (exact) mass is 573 g/mol. The number of anilines is 2. The molecule has 3 aliphatic heterocycles. The van der Waals surface area contributed by atoms with Crippen LogP contribution in [0.15, 0.2) is 12.1 Å². The van der Waals surface area contributed by atoms with Gasteiger partial charge in [-0.1, -0.05) is 0 Å². The summed E-state index contributed by atoms with van der Waals surface area (Å²) < 4.78 is 35.4. The molecule has 0 bridgehead atoms. The maximum absolute atomic E-state index is 13.9. The van der Waals surface area contributed by atoms with Crippen LogP contribution in [0.4, 0.5) is 25.1 Å². The average molecular weight is 574 g/mol. The summed E-state index contributed by atoms with van der Waals surface area (Å²) >= 11 is 0. The molecule has 4 heterocycles. The Morgan fingerprint density at radius 2 is 1.76 bits per heavy atom. The number of hydrogen-bond donors (Lipinski definition) is 1. The van der Waals surface area contributed by atoms with Crippen molar-refractivity contribution in [3.05, 3.63) is 40.1 Å². The number of carbonyl (C=O) groups is 3. The van der Waals surface area contributed by atoms with Crippen LogP contribution in [0.5, 0.6) is 0 Å². The summed E-state index contributed by atoms with van der Waals surface area (Å²) in [6, 6.07) is 2.68. The van der Waals surface area contributed by atoms with Gasteiger partial charge in [-0.15, -0.1) is 0 Å². The lowest BCUT2D eigenvalue weighted by Gasteiger charge is -2.34. The molecular formula is C29H37F2N5O5. The zero-order valence-corrected chi connectivity index (χ0v) is 24.0. The number of carboxylic acid groups (broad SMARTS) is 1. The third-order valence-corrected chi connectivity index (χ3v) is 8.06. The van der Waals surface area contributed by atoms with Gasteiger partial charge in [0, 0.05) is 62.0 Å². The fourth-order valence-corrected chi connectivity index (χ4v) is 6.07. The Morgan fingerprint density at radius 3 is 2.37 bits per heavy atom. The molecule has 1 N–H and O–H groups in total. The van der Waals surface area contributed by atoms with E-state index in [1.54, 1.807) is 9.80 Å². The summed E-state index contributed by atoms with van der Waals surface area (Å²) in [4.78, 5) is 42.0. The molecule has 0 saturated carbocycles. The van der Waals surface area contributed by atoms with E-state index in [1.165, 1.54) is 19.1 Å². The van der Waals surface area contributed by atoms with Crippen molar-refractivity contribution in [2.75, 3.05) is 31.1 Å². The van der Waals surface area contributed by atoms with Crippen LogP contribution in [0.3, 0.4) is 0 Å². The number of likely N-dealkylation sites (tertiary alicyclic amines) is 1. The second-order valence-electron chi connectivity index (χ2n) is 12.0. The Hall–Kier alpha value is -3.70. The average Bonchev–Trinajstić information content (AvgIpc) is 3.29. The summed E-state index contributed by atoms with van der Waals surface area (Å²) in [6.45, 7) is 9.52. The molecule has 2 aromatic rings. The molecule has 10 nitrogen and oxygen atoms in total. The molecule has 41 heavy (non-hydrogen) atoms. The summed E-state index contributed by atoms with van der Waals surface area (Å²) in [6.07, 6.45) is -0.0426. The number of halogens is 2. The van der Waals surface area contributed by atoms with Gasteiger partial charge in [-0.2, -0.15) is 5.10 Å². The molecule has 1 aromatic carbocycles. The zero-order valence-electron chi connectivity index (χ0n) is 24.0. The third kappa shape index (κ3) is 5.73. The van der Waals surface area contributed by atoms with E-state index < -0.39 is 23.6 Å². The molecule has 222 valence electrons. The minimum absolute atomic E-state index is 0.0235. The van der Waals surface area contributed by atoms with Crippen molar-refractivity contribution in [1.29, 1.82) is 0 Å². The van der Waals surface area contributed by atoms with Gasteiger partial charge in [0.1, 0.15) is 5.60 Å². The highest BCUT2D eigenvalue weighted by Gasteiger charge is 2.35. The molecule has 12 heteroatoms. The van der Waals surface area contributed by atoms with Crippen LogP contribution < -0.4 is 4.90 Å². The van der Waals surface area contributed by atoms with Crippen LogP contribution in [0.2, 0.25) is 0 Å². The van der Waals surface area contributed by atoms with Crippen molar-refractivity contribution in [2.24, 2.45) is 0 Å². The van der Waals surface area contributed by atoms with E-state index in [4.69, 9.17) is 9.84 Å². The number of benzene rings is 1. The Morgan fingerprint density at radius 1 is 1.05 bits per heavy atom. The molecule has 0 atom stereocenters. The van der Waals surface area contributed by atoms with Gasteiger partial charge in [0.05, 0.1) is 18.2 Å². The minimum Gasteiger partial charge on any atom is -0.478 e. The number of alkyl halides is 2. The van der Waals surface area contributed by atoms with Crippen LogP contribution in [-0.2, 0) is 28.9 Å². The Bertz CT molecular complexity index is 1360. The van der Waals surface area contributed by atoms with Gasteiger partial charge >= 0.3 is 12.1 Å². The second-order valence-corrected chi connectivity index (χ2v) is 12.0. The molecule has 0 unspecified atom stereocenters. The quantitative estimate of drug-likeness (QED) is 0.544. The number of ether oxygens (including phenoxy) is 1. The molecule has 3 aliphatic rings. The van der Waals surface area contributed by atoms with Crippen molar-refractivity contribution in [2.45, 2.75) is 84.4 Å². The first kappa shape index (κ1) is 28.8. The maximum Gasteiger partial charge on any atom is 0.410 e. The van der Waals surface area contributed by atoms with Gasteiger partial charge in [-0.05, 0) is 64.2 Å². The predicted octanol–water partition coefficient (Wildman–Crippen LogP) is 5.08. The van der Waals surface area contributed by atoms with Crippen molar-refractivity contribution >= 4 is 29.5 Å². The van der Waals surface area contributed by atoms with E-state index in [1.807, 2.05) is 30.4 Å². The van der Waals surface area contributed by atoms with Gasteiger partial charge in [-0.25, -0.2) is 18.4 Å². The van der Waals surface area contributed by atoms with Crippen LogP contribution in [0, 0.1) is 0 Å². The van der Waals surface area contributed by atoms with E-state index in [0.717, 1.165) is 11.3 Å². The Balaban J connectivity index is 1.51. The van der Waals surface area contributed by atoms with Crippen LogP contribution in [0.25, 0.3) is 0 Å². The first-order chi connectivity index (χ1) is 19.3. The molecule has 2 amide bonds.